The summed E-state index contributed by atoms with van der Waals surface area (Å²) < 4.78 is 8.04. The second-order valence-electron chi connectivity index (χ2n) is 7.26. The summed E-state index contributed by atoms with van der Waals surface area (Å²) in [6, 6.07) is 4.03. The molecule has 0 bridgehead atoms. The zero-order chi connectivity index (χ0) is 18.7. The summed E-state index contributed by atoms with van der Waals surface area (Å²) in [7, 11) is 0. The fraction of sp³-hybridized carbons (Fsp3) is 0.550. The number of likely N-dealkylation sites (tertiary alicyclic amines) is 1. The number of piperidine rings is 1. The predicted molar refractivity (Wildman–Crippen MR) is 100 cm³/mol. The van der Waals surface area contributed by atoms with E-state index in [9.17, 15) is 4.79 Å². The lowest BCUT2D eigenvalue weighted by Gasteiger charge is -2.33. The molecule has 1 atom stereocenters. The highest BCUT2D eigenvalue weighted by Crippen LogP contribution is 2.23. The zero-order valence-electron chi connectivity index (χ0n) is 16.1. The number of hydrogen-bond donors (Lipinski definition) is 0. The van der Waals surface area contributed by atoms with Crippen LogP contribution in [0.3, 0.4) is 0 Å². The quantitative estimate of drug-likeness (QED) is 0.825. The Balaban J connectivity index is 1.50. The number of amides is 1. The van der Waals surface area contributed by atoms with E-state index in [0.717, 1.165) is 48.6 Å². The molecule has 3 heterocycles. The first-order valence-corrected chi connectivity index (χ1v) is 9.32. The molecule has 0 saturated carbocycles. The van der Waals surface area contributed by atoms with Crippen molar-refractivity contribution in [2.24, 2.45) is 0 Å². The highest BCUT2D eigenvalue weighted by atomic mass is 16.5. The number of carbonyl (C=O) groups excluding carboxylic acids is 1. The highest BCUT2D eigenvalue weighted by Gasteiger charge is 2.25. The van der Waals surface area contributed by atoms with Gasteiger partial charge in [-0.25, -0.2) is 0 Å². The molecular weight excluding hydrogens is 328 g/mol. The highest BCUT2D eigenvalue weighted by molar-refractivity contribution is 5.76. The van der Waals surface area contributed by atoms with Crippen molar-refractivity contribution >= 4 is 5.91 Å². The van der Waals surface area contributed by atoms with Crippen LogP contribution in [0.25, 0.3) is 0 Å². The van der Waals surface area contributed by atoms with Gasteiger partial charge in [-0.05, 0) is 39.8 Å². The molecule has 2 aromatic rings. The smallest absolute Gasteiger partial charge is 0.224 e. The molecule has 1 aliphatic heterocycles. The van der Waals surface area contributed by atoms with Gasteiger partial charge in [0.05, 0.1) is 11.7 Å². The largest absolute Gasteiger partial charge is 0.490 e. The number of pyridine rings is 1. The summed E-state index contributed by atoms with van der Waals surface area (Å²) in [5, 5.41) is 4.50. The van der Waals surface area contributed by atoms with Crippen LogP contribution in [0.4, 0.5) is 0 Å². The maximum absolute atomic E-state index is 12.7. The minimum absolute atomic E-state index is 0.0737. The van der Waals surface area contributed by atoms with E-state index in [1.54, 1.807) is 6.20 Å². The Labute approximate surface area is 155 Å². The Morgan fingerprint density at radius 1 is 1.31 bits per heavy atom. The van der Waals surface area contributed by atoms with Gasteiger partial charge in [0.2, 0.25) is 5.91 Å². The first-order valence-electron chi connectivity index (χ1n) is 9.32. The van der Waals surface area contributed by atoms with Crippen LogP contribution in [-0.2, 0) is 4.79 Å². The minimum Gasteiger partial charge on any atom is -0.490 e. The van der Waals surface area contributed by atoms with Gasteiger partial charge >= 0.3 is 0 Å². The van der Waals surface area contributed by atoms with E-state index in [2.05, 4.69) is 17.0 Å². The second kappa shape index (κ2) is 7.89. The van der Waals surface area contributed by atoms with Crippen molar-refractivity contribution in [2.45, 2.75) is 59.1 Å². The molecule has 140 valence electrons. The maximum Gasteiger partial charge on any atom is 0.224 e. The number of rotatable bonds is 5. The molecule has 6 nitrogen and oxygen atoms in total. The summed E-state index contributed by atoms with van der Waals surface area (Å²) in [6.45, 7) is 9.56. The Kier molecular flexibility index (Phi) is 5.59. The molecular formula is C20H28N4O2. The molecule has 0 aromatic carbocycles. The van der Waals surface area contributed by atoms with Crippen molar-refractivity contribution in [3.63, 3.8) is 0 Å². The fourth-order valence-electron chi connectivity index (χ4n) is 3.56. The molecule has 6 heteroatoms. The summed E-state index contributed by atoms with van der Waals surface area (Å²) in [5.41, 5.74) is 3.14. The third kappa shape index (κ3) is 4.23. The molecule has 1 fully saturated rings. The standard InChI is InChI=1S/C20H28N4O2/c1-14-13-21-8-5-19(14)26-18-6-9-23(10-7-18)20(25)12-17(4)24-16(3)11-15(2)22-24/h5,8,11,13,17-18H,6-7,9-10,12H2,1-4H3. The lowest BCUT2D eigenvalue weighted by molar-refractivity contribution is -0.133. The van der Waals surface area contributed by atoms with Gasteiger partial charge in [-0.1, -0.05) is 0 Å². The van der Waals surface area contributed by atoms with Gasteiger partial charge in [0.25, 0.3) is 0 Å². The van der Waals surface area contributed by atoms with Gasteiger partial charge in [0.15, 0.2) is 0 Å². The molecule has 1 saturated heterocycles. The number of aromatic nitrogens is 3. The summed E-state index contributed by atoms with van der Waals surface area (Å²) in [4.78, 5) is 18.7. The third-order valence-corrected chi connectivity index (χ3v) is 4.99. The van der Waals surface area contributed by atoms with Crippen LogP contribution in [0.2, 0.25) is 0 Å². The van der Waals surface area contributed by atoms with Gasteiger partial charge in [-0.15, -0.1) is 0 Å². The summed E-state index contributed by atoms with van der Waals surface area (Å²) >= 11 is 0. The summed E-state index contributed by atoms with van der Waals surface area (Å²) in [5.74, 6) is 1.09. The van der Waals surface area contributed by atoms with Gasteiger partial charge in [0.1, 0.15) is 11.9 Å². The molecule has 26 heavy (non-hydrogen) atoms. The molecule has 0 spiro atoms. The molecule has 3 rings (SSSR count). The molecule has 1 aliphatic rings. The van der Waals surface area contributed by atoms with Crippen LogP contribution in [0.1, 0.15) is 49.2 Å². The van der Waals surface area contributed by atoms with Crippen molar-refractivity contribution in [3.05, 3.63) is 41.5 Å². The topological polar surface area (TPSA) is 60.2 Å². The van der Waals surface area contributed by atoms with Crippen molar-refractivity contribution in [3.8, 4) is 5.75 Å². The summed E-state index contributed by atoms with van der Waals surface area (Å²) in [6.07, 6.45) is 5.93. The number of nitrogens with zero attached hydrogens (tertiary/aromatic N) is 4. The van der Waals surface area contributed by atoms with E-state index < -0.39 is 0 Å². The lowest BCUT2D eigenvalue weighted by Crippen LogP contribution is -2.42. The van der Waals surface area contributed by atoms with Crippen molar-refractivity contribution in [1.82, 2.24) is 19.7 Å². The van der Waals surface area contributed by atoms with Crippen LogP contribution < -0.4 is 4.74 Å². The first kappa shape index (κ1) is 18.4. The van der Waals surface area contributed by atoms with Crippen molar-refractivity contribution < 1.29 is 9.53 Å². The Morgan fingerprint density at radius 2 is 2.04 bits per heavy atom. The van der Waals surface area contributed by atoms with Crippen LogP contribution in [0.5, 0.6) is 5.75 Å². The minimum atomic E-state index is 0.0737. The van der Waals surface area contributed by atoms with Crippen molar-refractivity contribution in [2.75, 3.05) is 13.1 Å². The number of carbonyl (C=O) groups is 1. The number of hydrogen-bond acceptors (Lipinski definition) is 4. The average molecular weight is 356 g/mol. The van der Waals surface area contributed by atoms with Gasteiger partial charge in [-0.2, -0.15) is 5.10 Å². The van der Waals surface area contributed by atoms with Gasteiger partial charge in [0, 0.05) is 56.0 Å². The van der Waals surface area contributed by atoms with E-state index in [0.29, 0.717) is 6.42 Å². The van der Waals surface area contributed by atoms with E-state index in [4.69, 9.17) is 4.74 Å². The monoisotopic (exact) mass is 356 g/mol. The van der Waals surface area contributed by atoms with Crippen molar-refractivity contribution in [1.29, 1.82) is 0 Å². The average Bonchev–Trinajstić information content (AvgIpc) is 2.96. The molecule has 1 amide bonds. The molecule has 0 aliphatic carbocycles. The zero-order valence-corrected chi connectivity index (χ0v) is 16.1. The fourth-order valence-corrected chi connectivity index (χ4v) is 3.56. The molecule has 2 aromatic heterocycles. The van der Waals surface area contributed by atoms with Crippen LogP contribution in [0, 0.1) is 20.8 Å². The van der Waals surface area contributed by atoms with E-state index in [1.165, 1.54) is 0 Å². The Bertz CT molecular complexity index is 763. The Hall–Kier alpha value is -2.37. The predicted octanol–water partition coefficient (Wildman–Crippen LogP) is 3.22. The van der Waals surface area contributed by atoms with Crippen LogP contribution in [0.15, 0.2) is 24.5 Å². The Morgan fingerprint density at radius 3 is 2.65 bits per heavy atom. The van der Waals surface area contributed by atoms with E-state index >= 15 is 0 Å². The SMILES string of the molecule is Cc1cc(C)n(C(C)CC(=O)N2CCC(Oc3ccncc3C)CC2)n1. The normalized spacial score (nSPS) is 16.5. The molecule has 0 N–H and O–H groups in total. The van der Waals surface area contributed by atoms with Crippen LogP contribution in [-0.4, -0.2) is 44.8 Å². The van der Waals surface area contributed by atoms with Crippen LogP contribution >= 0.6 is 0 Å². The van der Waals surface area contributed by atoms with E-state index in [1.807, 2.05) is 48.7 Å². The first-order chi connectivity index (χ1) is 12.4. The van der Waals surface area contributed by atoms with Gasteiger partial charge in [-0.3, -0.25) is 14.5 Å². The lowest BCUT2D eigenvalue weighted by atomic mass is 10.1. The molecule has 0 radical (unpaired) electrons. The van der Waals surface area contributed by atoms with Gasteiger partial charge < -0.3 is 9.64 Å². The number of ether oxygens (including phenoxy) is 1. The maximum atomic E-state index is 12.7. The number of aryl methyl sites for hydroxylation is 3. The third-order valence-electron chi connectivity index (χ3n) is 4.99. The molecule has 1 unspecified atom stereocenters. The van der Waals surface area contributed by atoms with E-state index in [-0.39, 0.29) is 18.1 Å². The second-order valence-corrected chi connectivity index (χ2v) is 7.26.